The first-order valence-corrected chi connectivity index (χ1v) is 9.37. The number of hydrogen-bond donors (Lipinski definition) is 1. The molecule has 0 aromatic heterocycles. The molecule has 0 fully saturated rings. The third kappa shape index (κ3) is 4.81. The van der Waals surface area contributed by atoms with Crippen LogP contribution in [0.4, 0.5) is 0 Å². The van der Waals surface area contributed by atoms with Gasteiger partial charge in [0.15, 0.2) is 0 Å². The van der Waals surface area contributed by atoms with Crippen molar-refractivity contribution in [3.63, 3.8) is 0 Å². The van der Waals surface area contributed by atoms with Gasteiger partial charge in [0.05, 0.1) is 0 Å². The van der Waals surface area contributed by atoms with E-state index in [1.807, 2.05) is 0 Å². The van der Waals surface area contributed by atoms with E-state index in [9.17, 15) is 0 Å². The summed E-state index contributed by atoms with van der Waals surface area (Å²) in [6.45, 7) is 2.68. The molecule has 0 radical (unpaired) electrons. The number of rotatable bonds is 8. The van der Waals surface area contributed by atoms with Crippen LogP contribution in [0.3, 0.4) is 0 Å². The highest BCUT2D eigenvalue weighted by molar-refractivity contribution is 5.63. The van der Waals surface area contributed by atoms with Crippen LogP contribution < -0.4 is 5.73 Å². The Morgan fingerprint density at radius 2 is 1.23 bits per heavy atom. The van der Waals surface area contributed by atoms with E-state index >= 15 is 0 Å². The van der Waals surface area contributed by atoms with Gasteiger partial charge in [0.2, 0.25) is 0 Å². The van der Waals surface area contributed by atoms with Gasteiger partial charge in [0.1, 0.15) is 0 Å². The molecule has 2 N–H and O–H groups in total. The minimum atomic E-state index is 0.404. The van der Waals surface area contributed by atoms with Crippen molar-refractivity contribution in [3.8, 4) is 11.1 Å². The van der Waals surface area contributed by atoms with Gasteiger partial charge in [-0.15, -0.1) is 0 Å². The van der Waals surface area contributed by atoms with Crippen LogP contribution in [-0.4, -0.2) is 31.6 Å². The molecule has 0 aliphatic carbocycles. The maximum absolute atomic E-state index is 5.69. The summed E-state index contributed by atoms with van der Waals surface area (Å²) in [4.78, 5) is 2.31. The molecule has 3 aromatic rings. The normalized spacial score (nSPS) is 12.3. The second-order valence-electron chi connectivity index (χ2n) is 6.83. The second-order valence-corrected chi connectivity index (χ2v) is 6.83. The zero-order chi connectivity index (χ0) is 18.2. The molecule has 1 unspecified atom stereocenters. The van der Waals surface area contributed by atoms with Gasteiger partial charge < -0.3 is 10.6 Å². The van der Waals surface area contributed by atoms with Crippen molar-refractivity contribution >= 4 is 0 Å². The zero-order valence-electron chi connectivity index (χ0n) is 15.5. The molecule has 0 saturated heterocycles. The average Bonchev–Trinajstić information content (AvgIpc) is 2.70. The fourth-order valence-corrected chi connectivity index (χ4v) is 3.43. The first kappa shape index (κ1) is 18.4. The standard InChI is InChI=1S/C24H28N2/c1-26(19-17-25)18-16-24(22-10-6-3-7-11-22)23-14-12-21(13-15-23)20-8-4-2-5-9-20/h2-15,24H,16-19,25H2,1H3. The smallest absolute Gasteiger partial charge is 0.0102 e. The molecule has 2 heteroatoms. The highest BCUT2D eigenvalue weighted by atomic mass is 15.1. The van der Waals surface area contributed by atoms with Crippen LogP contribution in [0.1, 0.15) is 23.5 Å². The lowest BCUT2D eigenvalue weighted by atomic mass is 9.87. The number of hydrogen-bond acceptors (Lipinski definition) is 2. The maximum Gasteiger partial charge on any atom is 0.0102 e. The zero-order valence-corrected chi connectivity index (χ0v) is 15.5. The van der Waals surface area contributed by atoms with Crippen LogP contribution in [0.5, 0.6) is 0 Å². The Kier molecular flexibility index (Phi) is 6.59. The van der Waals surface area contributed by atoms with Gasteiger partial charge in [-0.1, -0.05) is 84.9 Å². The molecule has 3 rings (SSSR count). The van der Waals surface area contributed by atoms with Crippen molar-refractivity contribution in [2.24, 2.45) is 5.73 Å². The number of benzene rings is 3. The van der Waals surface area contributed by atoms with Gasteiger partial charge in [0.25, 0.3) is 0 Å². The minimum Gasteiger partial charge on any atom is -0.329 e. The Hall–Kier alpha value is -2.42. The van der Waals surface area contributed by atoms with Gasteiger partial charge in [-0.2, -0.15) is 0 Å². The van der Waals surface area contributed by atoms with Crippen molar-refractivity contribution in [2.45, 2.75) is 12.3 Å². The van der Waals surface area contributed by atoms with E-state index in [0.717, 1.165) is 19.5 Å². The third-order valence-corrected chi connectivity index (χ3v) is 4.93. The van der Waals surface area contributed by atoms with Crippen molar-refractivity contribution in [2.75, 3.05) is 26.7 Å². The molecular formula is C24H28N2. The van der Waals surface area contributed by atoms with E-state index < -0.39 is 0 Å². The van der Waals surface area contributed by atoms with Crippen molar-refractivity contribution in [1.29, 1.82) is 0 Å². The van der Waals surface area contributed by atoms with Crippen LogP contribution in [0.15, 0.2) is 84.9 Å². The minimum absolute atomic E-state index is 0.404. The monoisotopic (exact) mass is 344 g/mol. The van der Waals surface area contributed by atoms with Gasteiger partial charge in [0, 0.05) is 19.0 Å². The first-order valence-electron chi connectivity index (χ1n) is 9.37. The van der Waals surface area contributed by atoms with E-state index in [-0.39, 0.29) is 0 Å². The summed E-state index contributed by atoms with van der Waals surface area (Å²) in [5, 5.41) is 0. The fraction of sp³-hybridized carbons (Fsp3) is 0.250. The van der Waals surface area contributed by atoms with Crippen LogP contribution in [0, 0.1) is 0 Å². The Morgan fingerprint density at radius 3 is 1.85 bits per heavy atom. The fourth-order valence-electron chi connectivity index (χ4n) is 3.43. The van der Waals surface area contributed by atoms with Crippen molar-refractivity contribution in [1.82, 2.24) is 4.90 Å². The summed E-state index contributed by atoms with van der Waals surface area (Å²) in [6.07, 6.45) is 1.09. The molecule has 0 aliphatic rings. The van der Waals surface area contributed by atoms with Crippen molar-refractivity contribution < 1.29 is 0 Å². The first-order chi connectivity index (χ1) is 12.8. The summed E-state index contributed by atoms with van der Waals surface area (Å²) in [5.74, 6) is 0.404. The Bertz CT molecular complexity index is 766. The molecule has 0 bridgehead atoms. The molecule has 0 amide bonds. The van der Waals surface area contributed by atoms with E-state index in [0.29, 0.717) is 12.5 Å². The van der Waals surface area contributed by atoms with E-state index in [2.05, 4.69) is 96.9 Å². The Labute approximate surface area is 157 Å². The largest absolute Gasteiger partial charge is 0.329 e. The molecule has 2 nitrogen and oxygen atoms in total. The second kappa shape index (κ2) is 9.33. The number of likely N-dealkylation sites (N-methyl/N-ethyl adjacent to an activating group) is 1. The lowest BCUT2D eigenvalue weighted by Gasteiger charge is -2.22. The predicted octanol–water partition coefficient (Wildman–Crippen LogP) is 4.77. The lowest BCUT2D eigenvalue weighted by molar-refractivity contribution is 0.332. The quantitative estimate of drug-likeness (QED) is 0.638. The molecule has 1 atom stereocenters. The van der Waals surface area contributed by atoms with Crippen LogP contribution >= 0.6 is 0 Å². The molecule has 134 valence electrons. The molecule has 0 saturated carbocycles. The predicted molar refractivity (Wildman–Crippen MR) is 111 cm³/mol. The van der Waals surface area contributed by atoms with Crippen LogP contribution in [0.25, 0.3) is 11.1 Å². The summed E-state index contributed by atoms with van der Waals surface area (Å²) >= 11 is 0. The Morgan fingerprint density at radius 1 is 0.692 bits per heavy atom. The topological polar surface area (TPSA) is 29.3 Å². The van der Waals surface area contributed by atoms with Crippen LogP contribution in [0.2, 0.25) is 0 Å². The van der Waals surface area contributed by atoms with E-state index in [1.54, 1.807) is 0 Å². The van der Waals surface area contributed by atoms with Crippen LogP contribution in [-0.2, 0) is 0 Å². The lowest BCUT2D eigenvalue weighted by Crippen LogP contribution is -2.27. The maximum atomic E-state index is 5.69. The highest BCUT2D eigenvalue weighted by Gasteiger charge is 2.15. The average molecular weight is 345 g/mol. The Balaban J connectivity index is 1.82. The third-order valence-electron chi connectivity index (χ3n) is 4.93. The summed E-state index contributed by atoms with van der Waals surface area (Å²) in [7, 11) is 2.15. The molecular weight excluding hydrogens is 316 g/mol. The SMILES string of the molecule is CN(CCN)CCC(c1ccccc1)c1ccc(-c2ccccc2)cc1. The highest BCUT2D eigenvalue weighted by Crippen LogP contribution is 2.30. The van der Waals surface area contributed by atoms with Crippen molar-refractivity contribution in [3.05, 3.63) is 96.1 Å². The molecule has 26 heavy (non-hydrogen) atoms. The number of nitrogens with zero attached hydrogens (tertiary/aromatic N) is 1. The van der Waals surface area contributed by atoms with Gasteiger partial charge in [-0.25, -0.2) is 0 Å². The molecule has 0 heterocycles. The van der Waals surface area contributed by atoms with E-state index in [1.165, 1.54) is 22.3 Å². The molecule has 0 spiro atoms. The van der Waals surface area contributed by atoms with Gasteiger partial charge in [-0.05, 0) is 42.3 Å². The van der Waals surface area contributed by atoms with E-state index in [4.69, 9.17) is 5.73 Å². The summed E-state index contributed by atoms with van der Waals surface area (Å²) in [5.41, 5.74) is 11.0. The molecule has 3 aromatic carbocycles. The molecule has 0 aliphatic heterocycles. The van der Waals surface area contributed by atoms with Gasteiger partial charge >= 0.3 is 0 Å². The summed E-state index contributed by atoms with van der Waals surface area (Å²) in [6, 6.07) is 30.4. The summed E-state index contributed by atoms with van der Waals surface area (Å²) < 4.78 is 0. The number of nitrogens with two attached hydrogens (primary N) is 1. The van der Waals surface area contributed by atoms with Gasteiger partial charge in [-0.3, -0.25) is 0 Å².